The van der Waals surface area contributed by atoms with Gasteiger partial charge in [-0.1, -0.05) is 5.92 Å². The van der Waals surface area contributed by atoms with Gasteiger partial charge in [0.2, 0.25) is 0 Å². The first-order valence-corrected chi connectivity index (χ1v) is 4.92. The predicted octanol–water partition coefficient (Wildman–Crippen LogP) is 1.29. The van der Waals surface area contributed by atoms with E-state index in [1.165, 1.54) is 0 Å². The monoisotopic (exact) mass is 204 g/mol. The number of hydrogen-bond donors (Lipinski definition) is 1. The molecule has 80 valence electrons. The number of rotatable bonds is 4. The quantitative estimate of drug-likeness (QED) is 0.752. The van der Waals surface area contributed by atoms with Crippen molar-refractivity contribution in [2.45, 2.75) is 26.3 Å². The molecule has 2 N–H and O–H groups in total. The summed E-state index contributed by atoms with van der Waals surface area (Å²) in [5.74, 6) is 3.16. The van der Waals surface area contributed by atoms with E-state index in [1.54, 1.807) is 0 Å². The van der Waals surface area contributed by atoms with Gasteiger partial charge in [-0.15, -0.1) is 6.42 Å². The average molecular weight is 204 g/mol. The van der Waals surface area contributed by atoms with Crippen LogP contribution >= 0.6 is 0 Å². The summed E-state index contributed by atoms with van der Waals surface area (Å²) in [7, 11) is 0. The fourth-order valence-corrected chi connectivity index (χ4v) is 1.30. The molecule has 0 bridgehead atoms. The van der Waals surface area contributed by atoms with Crippen LogP contribution in [0.5, 0.6) is 5.75 Å². The first kappa shape index (κ1) is 11.5. The number of aromatic nitrogens is 1. The lowest BCUT2D eigenvalue weighted by molar-refractivity contribution is 0.362. The highest BCUT2D eigenvalue weighted by atomic mass is 16.5. The second-order valence-electron chi connectivity index (χ2n) is 3.57. The first-order chi connectivity index (χ1) is 7.13. The highest BCUT2D eigenvalue weighted by Crippen LogP contribution is 2.18. The molecule has 0 aromatic carbocycles. The van der Waals surface area contributed by atoms with E-state index in [-0.39, 0.29) is 12.6 Å². The number of nitrogens with two attached hydrogens (primary N) is 1. The van der Waals surface area contributed by atoms with Crippen molar-refractivity contribution in [2.75, 3.05) is 6.61 Å². The van der Waals surface area contributed by atoms with E-state index in [0.717, 1.165) is 17.1 Å². The van der Waals surface area contributed by atoms with Crippen molar-refractivity contribution in [2.24, 2.45) is 5.73 Å². The van der Waals surface area contributed by atoms with Gasteiger partial charge in [0.05, 0.1) is 5.69 Å². The Bertz CT molecular complexity index is 366. The van der Waals surface area contributed by atoms with Crippen LogP contribution in [0.25, 0.3) is 0 Å². The Kier molecular flexibility index (Phi) is 4.14. The molecule has 1 rings (SSSR count). The van der Waals surface area contributed by atoms with Crippen LogP contribution in [-0.2, 0) is 6.42 Å². The number of terminal acetylenes is 1. The third kappa shape index (κ3) is 3.61. The van der Waals surface area contributed by atoms with Crippen LogP contribution in [0.4, 0.5) is 0 Å². The van der Waals surface area contributed by atoms with Gasteiger partial charge < -0.3 is 10.5 Å². The standard InChI is InChI=1S/C12H16N2O/c1-4-7-15-12-6-5-10(3)14-11(12)8-9(2)13/h1,5-6,9H,7-8,13H2,2-3H3. The molecule has 1 atom stereocenters. The third-order valence-electron chi connectivity index (χ3n) is 1.90. The molecule has 0 spiro atoms. The van der Waals surface area contributed by atoms with Crippen molar-refractivity contribution in [1.82, 2.24) is 4.98 Å². The maximum Gasteiger partial charge on any atom is 0.148 e. The van der Waals surface area contributed by atoms with E-state index in [4.69, 9.17) is 16.9 Å². The van der Waals surface area contributed by atoms with E-state index in [2.05, 4.69) is 10.9 Å². The van der Waals surface area contributed by atoms with Crippen LogP contribution in [0, 0.1) is 19.3 Å². The molecule has 0 saturated carbocycles. The summed E-state index contributed by atoms with van der Waals surface area (Å²) in [6.07, 6.45) is 5.83. The van der Waals surface area contributed by atoms with Crippen LogP contribution in [0.1, 0.15) is 18.3 Å². The molecule has 0 radical (unpaired) electrons. The third-order valence-corrected chi connectivity index (χ3v) is 1.90. The Balaban J connectivity index is 2.88. The largest absolute Gasteiger partial charge is 0.479 e. The van der Waals surface area contributed by atoms with Crippen molar-refractivity contribution in [3.63, 3.8) is 0 Å². The van der Waals surface area contributed by atoms with E-state index in [1.807, 2.05) is 26.0 Å². The molecule has 3 heteroatoms. The molecule has 0 aliphatic carbocycles. The summed E-state index contributed by atoms with van der Waals surface area (Å²) in [6, 6.07) is 3.85. The number of ether oxygens (including phenoxy) is 1. The molecule has 0 aliphatic rings. The highest BCUT2D eigenvalue weighted by Gasteiger charge is 2.07. The lowest BCUT2D eigenvalue weighted by Gasteiger charge is -2.11. The molecule has 1 aromatic heterocycles. The van der Waals surface area contributed by atoms with Gasteiger partial charge in [0.15, 0.2) is 0 Å². The van der Waals surface area contributed by atoms with E-state index in [9.17, 15) is 0 Å². The lowest BCUT2D eigenvalue weighted by atomic mass is 10.1. The Morgan fingerprint density at radius 3 is 2.93 bits per heavy atom. The van der Waals surface area contributed by atoms with Crippen LogP contribution in [0.3, 0.4) is 0 Å². The summed E-state index contributed by atoms with van der Waals surface area (Å²) >= 11 is 0. The van der Waals surface area contributed by atoms with E-state index in [0.29, 0.717) is 6.42 Å². The molecule has 0 saturated heterocycles. The molecule has 1 heterocycles. The number of nitrogens with zero attached hydrogens (tertiary/aromatic N) is 1. The minimum Gasteiger partial charge on any atom is -0.479 e. The highest BCUT2D eigenvalue weighted by molar-refractivity contribution is 5.30. The van der Waals surface area contributed by atoms with Crippen molar-refractivity contribution >= 4 is 0 Å². The molecular formula is C12H16N2O. The number of pyridine rings is 1. The minimum absolute atomic E-state index is 0.0625. The second-order valence-corrected chi connectivity index (χ2v) is 3.57. The second kappa shape index (κ2) is 5.38. The normalized spacial score (nSPS) is 11.9. The van der Waals surface area contributed by atoms with Gasteiger partial charge in [0.1, 0.15) is 12.4 Å². The number of hydrogen-bond acceptors (Lipinski definition) is 3. The molecular weight excluding hydrogens is 188 g/mol. The van der Waals surface area contributed by atoms with Gasteiger partial charge in [0, 0.05) is 18.2 Å². The van der Waals surface area contributed by atoms with Crippen LogP contribution in [-0.4, -0.2) is 17.6 Å². The minimum atomic E-state index is 0.0625. The molecule has 15 heavy (non-hydrogen) atoms. The Labute approximate surface area is 90.7 Å². The zero-order chi connectivity index (χ0) is 11.3. The molecule has 3 nitrogen and oxygen atoms in total. The van der Waals surface area contributed by atoms with Crippen LogP contribution in [0.2, 0.25) is 0 Å². The summed E-state index contributed by atoms with van der Waals surface area (Å²) in [4.78, 5) is 4.39. The summed E-state index contributed by atoms with van der Waals surface area (Å²) in [5, 5.41) is 0. The average Bonchev–Trinajstić information content (AvgIpc) is 2.16. The van der Waals surface area contributed by atoms with E-state index < -0.39 is 0 Å². The maximum atomic E-state index is 5.74. The van der Waals surface area contributed by atoms with Gasteiger partial charge in [-0.25, -0.2) is 0 Å². The maximum absolute atomic E-state index is 5.74. The van der Waals surface area contributed by atoms with Gasteiger partial charge in [0.25, 0.3) is 0 Å². The molecule has 1 unspecified atom stereocenters. The summed E-state index contributed by atoms with van der Waals surface area (Å²) < 4.78 is 5.39. The zero-order valence-electron chi connectivity index (χ0n) is 9.16. The zero-order valence-corrected chi connectivity index (χ0v) is 9.16. The summed E-state index contributed by atoms with van der Waals surface area (Å²) in [6.45, 7) is 4.14. The van der Waals surface area contributed by atoms with Crippen LogP contribution in [0.15, 0.2) is 12.1 Å². The van der Waals surface area contributed by atoms with Gasteiger partial charge in [-0.2, -0.15) is 0 Å². The smallest absolute Gasteiger partial charge is 0.148 e. The lowest BCUT2D eigenvalue weighted by Crippen LogP contribution is -2.19. The molecule has 0 amide bonds. The SMILES string of the molecule is C#CCOc1ccc(C)nc1CC(C)N. The predicted molar refractivity (Wildman–Crippen MR) is 60.7 cm³/mol. The van der Waals surface area contributed by atoms with Gasteiger partial charge in [-0.05, 0) is 26.0 Å². The van der Waals surface area contributed by atoms with Gasteiger partial charge in [-0.3, -0.25) is 4.98 Å². The fourth-order valence-electron chi connectivity index (χ4n) is 1.30. The Morgan fingerprint density at radius 2 is 2.33 bits per heavy atom. The van der Waals surface area contributed by atoms with Crippen molar-refractivity contribution in [1.29, 1.82) is 0 Å². The van der Waals surface area contributed by atoms with E-state index >= 15 is 0 Å². The molecule has 0 aliphatic heterocycles. The number of aryl methyl sites for hydroxylation is 1. The van der Waals surface area contributed by atoms with Crippen molar-refractivity contribution < 1.29 is 4.74 Å². The Morgan fingerprint density at radius 1 is 1.60 bits per heavy atom. The summed E-state index contributed by atoms with van der Waals surface area (Å²) in [5.41, 5.74) is 7.57. The van der Waals surface area contributed by atoms with Crippen molar-refractivity contribution in [3.8, 4) is 18.1 Å². The van der Waals surface area contributed by atoms with Crippen LogP contribution < -0.4 is 10.5 Å². The Hall–Kier alpha value is -1.53. The molecule has 1 aromatic rings. The topological polar surface area (TPSA) is 48.1 Å². The van der Waals surface area contributed by atoms with Crippen molar-refractivity contribution in [3.05, 3.63) is 23.5 Å². The first-order valence-electron chi connectivity index (χ1n) is 4.92. The fraction of sp³-hybridized carbons (Fsp3) is 0.417. The van der Waals surface area contributed by atoms with Gasteiger partial charge >= 0.3 is 0 Å². The molecule has 0 fully saturated rings.